The number of rotatable bonds is 3. The van der Waals surface area contributed by atoms with Crippen molar-refractivity contribution < 1.29 is 14.0 Å². The molecule has 2 aromatic heterocycles. The lowest BCUT2D eigenvalue weighted by Crippen LogP contribution is -1.99. The third-order valence-corrected chi connectivity index (χ3v) is 2.33. The van der Waals surface area contributed by atoms with Crippen LogP contribution in [0.5, 0.6) is 6.01 Å². The largest absolute Gasteiger partial charge is 0.436 e. The Morgan fingerprint density at radius 1 is 1.53 bits per heavy atom. The number of hydrogen-bond acceptors (Lipinski definition) is 6. The van der Waals surface area contributed by atoms with Crippen LogP contribution in [0.2, 0.25) is 5.15 Å². The topological polar surface area (TPSA) is 103 Å². The lowest BCUT2D eigenvalue weighted by Gasteiger charge is -2.01. The first-order valence-corrected chi connectivity index (χ1v) is 7.19. The Labute approximate surface area is 105 Å². The van der Waals surface area contributed by atoms with Gasteiger partial charge in [-0.1, -0.05) is 11.6 Å². The summed E-state index contributed by atoms with van der Waals surface area (Å²) in [4.78, 5) is 20.2. The summed E-state index contributed by atoms with van der Waals surface area (Å²) >= 11 is 8.97. The molecule has 0 saturated carbocycles. The predicted octanol–water partition coefficient (Wildman–Crippen LogP) is 1.12. The maximum atomic E-state index is 10.8. The maximum Gasteiger partial charge on any atom is 0.436 e. The fraction of sp³-hybridized carbons (Fsp3) is 0. The summed E-state index contributed by atoms with van der Waals surface area (Å²) in [7, 11) is 0. The van der Waals surface area contributed by atoms with Gasteiger partial charge in [0.2, 0.25) is 0 Å². The van der Waals surface area contributed by atoms with Crippen molar-refractivity contribution in [2.45, 2.75) is 0 Å². The van der Waals surface area contributed by atoms with Crippen LogP contribution in [0, 0.1) is 0 Å². The summed E-state index contributed by atoms with van der Waals surface area (Å²) < 4.78 is 16.5. The van der Waals surface area contributed by atoms with Gasteiger partial charge in [-0.3, -0.25) is 4.98 Å². The molecule has 0 radical (unpaired) electrons. The van der Waals surface area contributed by atoms with E-state index in [1.54, 1.807) is 0 Å². The first-order valence-electron chi connectivity index (χ1n) is 4.09. The third-order valence-electron chi connectivity index (χ3n) is 1.50. The number of aromatic nitrogens is 5. The molecule has 0 aromatic carbocycles. The van der Waals surface area contributed by atoms with Gasteiger partial charge in [0.05, 0.1) is 12.4 Å². The molecular formula is C6H5ClN5O3PS. The smallest absolute Gasteiger partial charge is 0.381 e. The van der Waals surface area contributed by atoms with E-state index in [9.17, 15) is 4.57 Å². The Hall–Kier alpha value is -1.15. The van der Waals surface area contributed by atoms with Crippen molar-refractivity contribution in [3.63, 3.8) is 0 Å². The highest BCUT2D eigenvalue weighted by molar-refractivity contribution is 8.44. The van der Waals surface area contributed by atoms with E-state index in [0.717, 1.165) is 0 Å². The SMILES string of the molecule is O=P(O)(S)Oc1ncn(-c2cncc(Cl)n2)n1. The van der Waals surface area contributed by atoms with Crippen LogP contribution in [0.15, 0.2) is 18.7 Å². The molecule has 90 valence electrons. The number of nitrogens with zero attached hydrogens (tertiary/aromatic N) is 5. The van der Waals surface area contributed by atoms with Crippen LogP contribution in [0.25, 0.3) is 5.82 Å². The van der Waals surface area contributed by atoms with Gasteiger partial charge >= 0.3 is 12.8 Å². The molecule has 1 atom stereocenters. The standard InChI is InChI=1S/C6H5ClN5O3PS/c7-4-1-8-2-5(10-4)12-3-9-6(11-12)15-16(13,14)17/h1-3H,(H2,13,14,17). The van der Waals surface area contributed by atoms with Crippen LogP contribution < -0.4 is 4.52 Å². The summed E-state index contributed by atoms with van der Waals surface area (Å²) in [5.41, 5.74) is 0. The van der Waals surface area contributed by atoms with Crippen LogP contribution >= 0.6 is 30.6 Å². The van der Waals surface area contributed by atoms with Crippen molar-refractivity contribution in [2.24, 2.45) is 0 Å². The van der Waals surface area contributed by atoms with Gasteiger partial charge < -0.3 is 9.42 Å². The van der Waals surface area contributed by atoms with Gasteiger partial charge in [0.25, 0.3) is 0 Å². The van der Waals surface area contributed by atoms with Gasteiger partial charge in [0, 0.05) is 0 Å². The zero-order valence-corrected chi connectivity index (χ0v) is 10.5. The molecule has 2 aromatic rings. The Morgan fingerprint density at radius 3 is 2.94 bits per heavy atom. The summed E-state index contributed by atoms with van der Waals surface area (Å²) in [5, 5.41) is 3.93. The van der Waals surface area contributed by atoms with Crippen molar-refractivity contribution in [3.05, 3.63) is 23.9 Å². The molecule has 0 aliphatic rings. The second kappa shape index (κ2) is 4.61. The fourth-order valence-corrected chi connectivity index (χ4v) is 1.61. The Balaban J connectivity index is 2.27. The highest BCUT2D eigenvalue weighted by Crippen LogP contribution is 2.45. The molecule has 1 unspecified atom stereocenters. The maximum absolute atomic E-state index is 10.8. The molecule has 0 aliphatic heterocycles. The third kappa shape index (κ3) is 3.40. The van der Waals surface area contributed by atoms with Crippen LogP contribution in [0.3, 0.4) is 0 Å². The average molecular weight is 294 g/mol. The van der Waals surface area contributed by atoms with Gasteiger partial charge in [-0.05, 0) is 12.2 Å². The van der Waals surface area contributed by atoms with Crippen LogP contribution in [-0.4, -0.2) is 29.6 Å². The van der Waals surface area contributed by atoms with Crippen LogP contribution in [0.4, 0.5) is 0 Å². The molecule has 11 heteroatoms. The summed E-state index contributed by atoms with van der Waals surface area (Å²) in [5.74, 6) is 0.298. The van der Waals surface area contributed by atoms with Gasteiger partial charge in [-0.25, -0.2) is 9.55 Å². The highest BCUT2D eigenvalue weighted by Gasteiger charge is 2.17. The van der Waals surface area contributed by atoms with Gasteiger partial charge in [-0.2, -0.15) is 9.67 Å². The molecular weight excluding hydrogens is 289 g/mol. The van der Waals surface area contributed by atoms with E-state index in [2.05, 4.69) is 36.8 Å². The Kier molecular flexibility index (Phi) is 3.34. The second-order valence-electron chi connectivity index (χ2n) is 2.75. The zero-order chi connectivity index (χ0) is 12.5. The van der Waals surface area contributed by atoms with Crippen molar-refractivity contribution in [1.82, 2.24) is 24.7 Å². The van der Waals surface area contributed by atoms with Crippen molar-refractivity contribution in [2.75, 3.05) is 0 Å². The Morgan fingerprint density at radius 2 is 2.29 bits per heavy atom. The minimum absolute atomic E-state index is 0.183. The van der Waals surface area contributed by atoms with E-state index in [-0.39, 0.29) is 11.2 Å². The summed E-state index contributed by atoms with van der Waals surface area (Å²) in [6.07, 6.45) is 3.98. The fourth-order valence-electron chi connectivity index (χ4n) is 0.949. The molecule has 0 spiro atoms. The van der Waals surface area contributed by atoms with E-state index in [0.29, 0.717) is 5.82 Å². The zero-order valence-electron chi connectivity index (χ0n) is 8.00. The lowest BCUT2D eigenvalue weighted by atomic mass is 10.7. The van der Waals surface area contributed by atoms with Crippen molar-refractivity contribution in [1.29, 1.82) is 0 Å². The number of hydrogen-bond donors (Lipinski definition) is 2. The highest BCUT2D eigenvalue weighted by atomic mass is 35.5. The summed E-state index contributed by atoms with van der Waals surface area (Å²) in [6, 6.07) is -0.299. The van der Waals surface area contributed by atoms with Crippen LogP contribution in [0.1, 0.15) is 0 Å². The van der Waals surface area contributed by atoms with Crippen molar-refractivity contribution in [3.8, 4) is 11.8 Å². The van der Waals surface area contributed by atoms with Gasteiger partial charge in [0.1, 0.15) is 11.5 Å². The number of halogens is 1. The first kappa shape index (κ1) is 12.3. The number of thiol groups is 1. The minimum Gasteiger partial charge on any atom is -0.381 e. The first-order chi connectivity index (χ1) is 7.94. The molecule has 0 aliphatic carbocycles. The van der Waals surface area contributed by atoms with E-state index < -0.39 is 6.80 Å². The molecule has 0 saturated heterocycles. The minimum atomic E-state index is -3.98. The normalized spacial score (nSPS) is 14.3. The molecule has 0 fully saturated rings. The summed E-state index contributed by atoms with van der Waals surface area (Å²) in [6.45, 7) is -3.98. The van der Waals surface area contributed by atoms with Gasteiger partial charge in [-0.15, -0.1) is 5.10 Å². The second-order valence-corrected chi connectivity index (χ2v) is 5.82. The Bertz CT molecular complexity index is 587. The lowest BCUT2D eigenvalue weighted by molar-refractivity contribution is 0.389. The average Bonchev–Trinajstić information content (AvgIpc) is 2.63. The molecule has 0 amide bonds. The molecule has 0 bridgehead atoms. The van der Waals surface area contributed by atoms with Gasteiger partial charge in [0.15, 0.2) is 5.82 Å². The van der Waals surface area contributed by atoms with E-state index in [1.807, 2.05) is 0 Å². The quantitative estimate of drug-likeness (QED) is 0.645. The predicted molar refractivity (Wildman–Crippen MR) is 61.4 cm³/mol. The molecule has 2 heterocycles. The molecule has 2 rings (SSSR count). The van der Waals surface area contributed by atoms with E-state index in [1.165, 1.54) is 23.4 Å². The van der Waals surface area contributed by atoms with Crippen molar-refractivity contribution >= 4 is 30.6 Å². The van der Waals surface area contributed by atoms with E-state index in [4.69, 9.17) is 16.5 Å². The molecule has 1 N–H and O–H groups in total. The molecule has 17 heavy (non-hydrogen) atoms. The van der Waals surface area contributed by atoms with Crippen LogP contribution in [-0.2, 0) is 4.57 Å². The monoisotopic (exact) mass is 293 g/mol. The van der Waals surface area contributed by atoms with E-state index >= 15 is 0 Å². The molecule has 8 nitrogen and oxygen atoms in total.